The first-order valence-corrected chi connectivity index (χ1v) is 13.8. The van der Waals surface area contributed by atoms with Gasteiger partial charge in [-0.1, -0.05) is 24.1 Å². The molecular weight excluding hydrogens is 560 g/mol. The topological polar surface area (TPSA) is 71.4 Å². The van der Waals surface area contributed by atoms with Crippen molar-refractivity contribution in [2.75, 3.05) is 19.7 Å². The fourth-order valence-corrected chi connectivity index (χ4v) is 6.54. The number of rotatable bonds is 5. The number of fused-ring (bicyclic) bond motifs is 3. The number of hydrogen-bond donors (Lipinski definition) is 1. The number of halogens is 4. The third-order valence-corrected chi connectivity index (χ3v) is 8.44. The highest BCUT2D eigenvalue weighted by Crippen LogP contribution is 2.41. The van der Waals surface area contributed by atoms with Crippen LogP contribution < -0.4 is 4.74 Å². The van der Waals surface area contributed by atoms with Gasteiger partial charge in [0.25, 0.3) is 0 Å². The summed E-state index contributed by atoms with van der Waals surface area (Å²) in [7, 11) is 0. The normalized spacial score (nSPS) is 20.0. The summed E-state index contributed by atoms with van der Waals surface area (Å²) in [5, 5.41) is 11.2. The van der Waals surface area contributed by atoms with Gasteiger partial charge >= 0.3 is 6.01 Å². The minimum Gasteiger partial charge on any atom is -0.508 e. The first-order valence-electron chi connectivity index (χ1n) is 13.8. The van der Waals surface area contributed by atoms with Crippen LogP contribution in [0.4, 0.5) is 17.6 Å². The number of phenols is 1. The van der Waals surface area contributed by atoms with E-state index in [1.807, 2.05) is 0 Å². The lowest BCUT2D eigenvalue weighted by molar-refractivity contribution is 0.107. The zero-order chi connectivity index (χ0) is 29.9. The molecular formula is C33H24F4N4O2. The molecule has 2 aliphatic heterocycles. The maximum absolute atomic E-state index is 16.5. The molecule has 2 saturated heterocycles. The smallest absolute Gasteiger partial charge is 0.317 e. The lowest BCUT2D eigenvalue weighted by Crippen LogP contribution is -2.43. The fraction of sp³-hybridized carbons (Fsp3) is 0.242. The summed E-state index contributed by atoms with van der Waals surface area (Å²) in [6, 6.07) is 10.7. The Kier molecular flexibility index (Phi) is 6.43. The number of phenolic OH excluding ortho intramolecular Hbond substituents is 1. The average Bonchev–Trinajstić information content (AvgIpc) is 3.51. The van der Waals surface area contributed by atoms with E-state index in [1.54, 1.807) is 6.07 Å². The van der Waals surface area contributed by atoms with Crippen LogP contribution in [0.1, 0.15) is 24.8 Å². The number of aromatic hydroxyl groups is 1. The van der Waals surface area contributed by atoms with Crippen LogP contribution in [0, 0.1) is 29.8 Å². The molecule has 3 aromatic carbocycles. The van der Waals surface area contributed by atoms with Crippen LogP contribution in [0.5, 0.6) is 11.8 Å². The van der Waals surface area contributed by atoms with Gasteiger partial charge in [0.2, 0.25) is 0 Å². The van der Waals surface area contributed by atoms with E-state index >= 15 is 4.39 Å². The molecule has 0 radical (unpaired) electrons. The number of alkyl halides is 1. The van der Waals surface area contributed by atoms with E-state index in [-0.39, 0.29) is 57.2 Å². The average molecular weight is 585 g/mol. The Labute approximate surface area is 244 Å². The summed E-state index contributed by atoms with van der Waals surface area (Å²) in [5.41, 5.74) is -0.434. The molecule has 0 bridgehead atoms. The molecule has 2 aromatic heterocycles. The Hall–Kier alpha value is -4.75. The van der Waals surface area contributed by atoms with Gasteiger partial charge in [0.1, 0.15) is 41.4 Å². The number of nitrogens with zero attached hydrogens (tertiary/aromatic N) is 4. The van der Waals surface area contributed by atoms with Gasteiger partial charge in [0.05, 0.1) is 16.8 Å². The van der Waals surface area contributed by atoms with Crippen LogP contribution in [0.3, 0.4) is 0 Å². The van der Waals surface area contributed by atoms with E-state index in [0.717, 1.165) is 19.4 Å². The number of hydrogen-bond acceptors (Lipinski definition) is 6. The predicted octanol–water partition coefficient (Wildman–Crippen LogP) is 6.57. The monoisotopic (exact) mass is 584 g/mol. The molecule has 7 rings (SSSR count). The molecule has 0 spiro atoms. The highest BCUT2D eigenvalue weighted by Gasteiger charge is 2.49. The lowest BCUT2D eigenvalue weighted by atomic mass is 9.95. The second-order valence-corrected chi connectivity index (χ2v) is 11.1. The summed E-state index contributed by atoms with van der Waals surface area (Å²) in [4.78, 5) is 15.3. The Bertz CT molecular complexity index is 1980. The van der Waals surface area contributed by atoms with Crippen LogP contribution >= 0.6 is 0 Å². The molecule has 43 heavy (non-hydrogen) atoms. The minimum absolute atomic E-state index is 0.0654. The number of benzene rings is 3. The van der Waals surface area contributed by atoms with Crippen molar-refractivity contribution in [3.63, 3.8) is 0 Å². The van der Waals surface area contributed by atoms with Gasteiger partial charge in [-0.2, -0.15) is 9.97 Å². The molecule has 0 saturated carbocycles. The first-order chi connectivity index (χ1) is 20.8. The number of terminal acetylenes is 1. The number of pyridine rings is 1. The lowest BCUT2D eigenvalue weighted by Gasteiger charge is -2.30. The van der Waals surface area contributed by atoms with Crippen molar-refractivity contribution in [1.29, 1.82) is 0 Å². The van der Waals surface area contributed by atoms with Crippen molar-refractivity contribution in [3.8, 4) is 46.6 Å². The fourth-order valence-electron chi connectivity index (χ4n) is 6.54. The molecule has 2 aliphatic rings. The molecule has 0 amide bonds. The number of ether oxygens (including phenoxy) is 1. The Morgan fingerprint density at radius 1 is 1.09 bits per heavy atom. The van der Waals surface area contributed by atoms with E-state index in [4.69, 9.17) is 11.2 Å². The molecule has 10 heteroatoms. The molecule has 5 aromatic rings. The molecule has 2 atom stereocenters. The molecule has 0 aliphatic carbocycles. The van der Waals surface area contributed by atoms with Crippen molar-refractivity contribution >= 4 is 21.7 Å². The highest BCUT2D eigenvalue weighted by molar-refractivity contribution is 6.03. The SMILES string of the molecule is C#Cc1c(F)ccc2cc(O)cc(-c3ncc4c(-c5cccc(F)c5)nc(OC[C@@]56CCCN5C[C@H](F)C6)nc4c3F)c12. The van der Waals surface area contributed by atoms with E-state index < -0.39 is 29.2 Å². The van der Waals surface area contributed by atoms with Crippen molar-refractivity contribution in [1.82, 2.24) is 19.9 Å². The van der Waals surface area contributed by atoms with E-state index in [0.29, 0.717) is 23.9 Å². The summed E-state index contributed by atoms with van der Waals surface area (Å²) >= 11 is 0. The maximum Gasteiger partial charge on any atom is 0.317 e. The van der Waals surface area contributed by atoms with Crippen molar-refractivity contribution in [3.05, 3.63) is 77.7 Å². The van der Waals surface area contributed by atoms with E-state index in [1.165, 1.54) is 48.7 Å². The quantitative estimate of drug-likeness (QED) is 0.186. The summed E-state index contributed by atoms with van der Waals surface area (Å²) < 4.78 is 65.9. The molecule has 0 unspecified atom stereocenters. The van der Waals surface area contributed by atoms with Crippen LogP contribution in [0.2, 0.25) is 0 Å². The van der Waals surface area contributed by atoms with Crippen molar-refractivity contribution in [2.24, 2.45) is 0 Å². The molecule has 2 fully saturated rings. The van der Waals surface area contributed by atoms with Gasteiger partial charge in [-0.3, -0.25) is 9.88 Å². The van der Waals surface area contributed by atoms with Crippen LogP contribution in [0.15, 0.2) is 54.7 Å². The second kappa shape index (κ2) is 10.2. The van der Waals surface area contributed by atoms with E-state index in [9.17, 15) is 18.3 Å². The van der Waals surface area contributed by atoms with Crippen molar-refractivity contribution < 1.29 is 27.4 Å². The molecule has 6 nitrogen and oxygen atoms in total. The van der Waals surface area contributed by atoms with Crippen LogP contribution in [-0.2, 0) is 0 Å². The standard InChI is InChI=1S/C33H24F4N4O2/c1-2-23-26(36)8-7-18-12-22(42)13-24(27(18)23)30-28(37)31-25(15-38-30)29(19-5-3-6-20(34)11-19)39-32(40-31)43-17-33-9-4-10-41(33)16-21(35)14-33/h1,3,5-8,11-13,15,21,42H,4,9-10,14,16-17H2/t21-,33+/m1/s1. The predicted molar refractivity (Wildman–Crippen MR) is 154 cm³/mol. The maximum atomic E-state index is 16.5. The van der Waals surface area contributed by atoms with Gasteiger partial charge in [0, 0.05) is 41.1 Å². The van der Waals surface area contributed by atoms with Gasteiger partial charge < -0.3 is 9.84 Å². The largest absolute Gasteiger partial charge is 0.508 e. The second-order valence-electron chi connectivity index (χ2n) is 11.1. The molecule has 4 heterocycles. The van der Waals surface area contributed by atoms with E-state index in [2.05, 4.69) is 25.8 Å². The summed E-state index contributed by atoms with van der Waals surface area (Å²) in [6.45, 7) is 1.19. The minimum atomic E-state index is -0.967. The molecule has 1 N–H and O–H groups in total. The van der Waals surface area contributed by atoms with Gasteiger partial charge in [-0.05, 0) is 55.1 Å². The highest BCUT2D eigenvalue weighted by atomic mass is 19.1. The van der Waals surface area contributed by atoms with Gasteiger partial charge in [-0.25, -0.2) is 17.6 Å². The zero-order valence-electron chi connectivity index (χ0n) is 22.7. The zero-order valence-corrected chi connectivity index (χ0v) is 22.7. The first kappa shape index (κ1) is 27.1. The summed E-state index contributed by atoms with van der Waals surface area (Å²) in [5.74, 6) is 0.0142. The number of aromatic nitrogens is 3. The third-order valence-electron chi connectivity index (χ3n) is 8.44. The molecule has 216 valence electrons. The van der Waals surface area contributed by atoms with Gasteiger partial charge in [-0.15, -0.1) is 6.42 Å². The van der Waals surface area contributed by atoms with Crippen LogP contribution in [0.25, 0.3) is 44.2 Å². The van der Waals surface area contributed by atoms with Gasteiger partial charge in [0.15, 0.2) is 5.82 Å². The van der Waals surface area contributed by atoms with Crippen molar-refractivity contribution in [2.45, 2.75) is 31.0 Å². The Morgan fingerprint density at radius 3 is 2.77 bits per heavy atom. The summed E-state index contributed by atoms with van der Waals surface area (Å²) in [6.07, 6.45) is 7.96. The Morgan fingerprint density at radius 2 is 1.95 bits per heavy atom. The Balaban J connectivity index is 1.42. The third kappa shape index (κ3) is 4.51. The van der Waals surface area contributed by atoms with Crippen LogP contribution in [-0.4, -0.2) is 56.4 Å².